The molecular formula is C69H36O8. The fourth-order valence-corrected chi connectivity index (χ4v) is 8.40. The minimum atomic E-state index is -1.31. The van der Waals surface area contributed by atoms with E-state index in [0.29, 0.717) is 66.8 Å². The number of hydrogen-bond acceptors (Lipinski definition) is 8. The lowest BCUT2D eigenvalue weighted by Crippen LogP contribution is -2.31. The van der Waals surface area contributed by atoms with Gasteiger partial charge in [0.25, 0.3) is 0 Å². The summed E-state index contributed by atoms with van der Waals surface area (Å²) in [6.07, 6.45) is 45.1. The summed E-state index contributed by atoms with van der Waals surface area (Å²) in [6, 6.07) is 45.6. The smallest absolute Gasteiger partial charge is 0.343 e. The Kier molecular flexibility index (Phi) is 15.2. The number of ether oxygens (including phenoxy) is 4. The molecule has 0 amide bonds. The van der Waals surface area contributed by atoms with Crippen LogP contribution in [0.5, 0.6) is 23.0 Å². The van der Waals surface area contributed by atoms with Crippen molar-refractivity contribution >= 4 is 23.9 Å². The van der Waals surface area contributed by atoms with Gasteiger partial charge in [0.15, 0.2) is 0 Å². The average Bonchev–Trinajstić information content (AvgIpc) is 3.54. The molecule has 0 unspecified atom stereocenters. The molecule has 0 heterocycles. The highest BCUT2D eigenvalue weighted by Crippen LogP contribution is 2.47. The van der Waals surface area contributed by atoms with E-state index in [1.807, 2.05) is 0 Å². The first-order valence-corrected chi connectivity index (χ1v) is 23.0. The second-order valence-electron chi connectivity index (χ2n) is 16.8. The highest BCUT2D eigenvalue weighted by atomic mass is 16.5. The van der Waals surface area contributed by atoms with E-state index < -0.39 is 29.3 Å². The first-order valence-electron chi connectivity index (χ1n) is 23.0. The maximum absolute atomic E-state index is 13.6. The van der Waals surface area contributed by atoms with Gasteiger partial charge in [0.1, 0.15) is 23.0 Å². The Morgan fingerprint density at radius 3 is 0.558 bits per heavy atom. The molecule has 0 atom stereocenters. The van der Waals surface area contributed by atoms with Crippen LogP contribution in [0, 0.1) is 98.8 Å². The maximum atomic E-state index is 13.6. The van der Waals surface area contributed by atoms with Gasteiger partial charge in [-0.2, -0.15) is 0 Å². The monoisotopic (exact) mass is 992 g/mol. The van der Waals surface area contributed by atoms with Gasteiger partial charge in [-0.15, -0.1) is 51.4 Å². The van der Waals surface area contributed by atoms with Crippen molar-refractivity contribution in [2.24, 2.45) is 0 Å². The van der Waals surface area contributed by atoms with Crippen LogP contribution in [0.15, 0.2) is 170 Å². The summed E-state index contributed by atoms with van der Waals surface area (Å²) >= 11 is 0. The van der Waals surface area contributed by atoms with Crippen molar-refractivity contribution in [1.82, 2.24) is 0 Å². The van der Waals surface area contributed by atoms with E-state index in [4.69, 9.17) is 70.3 Å². The van der Waals surface area contributed by atoms with E-state index in [1.165, 1.54) is 48.5 Å². The normalized spacial score (nSPS) is 10.2. The summed E-state index contributed by atoms with van der Waals surface area (Å²) in [6.45, 7) is 0. The van der Waals surface area contributed by atoms with Gasteiger partial charge in [0.2, 0.25) is 0 Å². The lowest BCUT2D eigenvalue weighted by Gasteiger charge is -2.37. The molecule has 0 saturated carbocycles. The Labute approximate surface area is 446 Å². The topological polar surface area (TPSA) is 105 Å². The molecule has 8 rings (SSSR count). The Morgan fingerprint density at radius 2 is 0.416 bits per heavy atom. The van der Waals surface area contributed by atoms with E-state index >= 15 is 0 Å². The molecule has 0 aromatic heterocycles. The summed E-state index contributed by atoms with van der Waals surface area (Å²) in [5.74, 6) is 17.9. The highest BCUT2D eigenvalue weighted by molar-refractivity contribution is 5.94. The number of benzene rings is 8. The lowest BCUT2D eigenvalue weighted by atomic mass is 9.65. The van der Waals surface area contributed by atoms with Gasteiger partial charge >= 0.3 is 23.9 Å². The molecule has 0 N–H and O–H groups in total. The van der Waals surface area contributed by atoms with Gasteiger partial charge in [-0.05, 0) is 144 Å². The molecule has 0 aliphatic heterocycles. The van der Waals surface area contributed by atoms with Gasteiger partial charge in [0, 0.05) is 44.5 Å². The molecule has 8 nitrogen and oxygen atoms in total. The van der Waals surface area contributed by atoms with Crippen LogP contribution in [0.4, 0.5) is 0 Å². The molecule has 0 radical (unpaired) electrons. The Morgan fingerprint density at radius 1 is 0.260 bits per heavy atom. The molecule has 77 heavy (non-hydrogen) atoms. The Bertz CT molecular complexity index is 3390. The zero-order valence-corrected chi connectivity index (χ0v) is 40.6. The molecule has 8 aromatic carbocycles. The highest BCUT2D eigenvalue weighted by Gasteiger charge is 2.39. The summed E-state index contributed by atoms with van der Waals surface area (Å²) < 4.78 is 23.4. The molecule has 0 bridgehead atoms. The zero-order valence-electron chi connectivity index (χ0n) is 40.6. The number of carbonyl (C=O) groups is 4. The van der Waals surface area contributed by atoms with Crippen molar-refractivity contribution in [3.05, 3.63) is 259 Å². The van der Waals surface area contributed by atoms with Crippen molar-refractivity contribution in [3.8, 4) is 122 Å². The van der Waals surface area contributed by atoms with Crippen LogP contribution in [0.3, 0.4) is 0 Å². The van der Waals surface area contributed by atoms with Crippen LogP contribution in [0.25, 0.3) is 0 Å². The molecule has 8 aromatic rings. The third kappa shape index (κ3) is 11.3. The first kappa shape index (κ1) is 51.5. The van der Waals surface area contributed by atoms with Crippen LogP contribution in [0.2, 0.25) is 0 Å². The van der Waals surface area contributed by atoms with Crippen molar-refractivity contribution in [2.45, 2.75) is 5.41 Å². The molecule has 0 spiro atoms. The van der Waals surface area contributed by atoms with Gasteiger partial charge in [-0.25, -0.2) is 19.2 Å². The number of terminal acetylenes is 8. The maximum Gasteiger partial charge on any atom is 0.343 e. The van der Waals surface area contributed by atoms with Crippen molar-refractivity contribution in [2.75, 3.05) is 0 Å². The number of esters is 4. The lowest BCUT2D eigenvalue weighted by molar-refractivity contribution is 0.0725. The van der Waals surface area contributed by atoms with Gasteiger partial charge < -0.3 is 18.9 Å². The van der Waals surface area contributed by atoms with E-state index in [0.717, 1.165) is 0 Å². The van der Waals surface area contributed by atoms with E-state index in [-0.39, 0.29) is 45.3 Å². The standard InChI is InChI=1S/C69H36O8/c1-9-45-33-46(10-2)38-53(37-45)65(70)74-61-25-17-57(18-26-61)69(58-19-27-62(28-20-58)75-66(71)54-39-47(11-3)34-48(12-4)40-54,59-21-29-63(30-22-59)76-67(72)55-41-49(13-5)35-50(14-6)42-55)60-23-31-64(32-24-60)77-68(73)56-43-51(15-7)36-52(16-8)44-56/h1-8,17-44H. The predicted molar refractivity (Wildman–Crippen MR) is 294 cm³/mol. The molecule has 8 heteroatoms. The van der Waals surface area contributed by atoms with E-state index in [1.54, 1.807) is 121 Å². The third-order valence-electron chi connectivity index (χ3n) is 12.0. The van der Waals surface area contributed by atoms with Gasteiger partial charge in [-0.3, -0.25) is 0 Å². The largest absolute Gasteiger partial charge is 0.423 e. The second kappa shape index (κ2) is 22.7. The summed E-state index contributed by atoms with van der Waals surface area (Å²) in [5.41, 5.74) is 4.97. The van der Waals surface area contributed by atoms with Crippen LogP contribution in [-0.2, 0) is 5.41 Å². The molecular weight excluding hydrogens is 957 g/mol. The van der Waals surface area contributed by atoms with Crippen LogP contribution < -0.4 is 18.9 Å². The van der Waals surface area contributed by atoms with Crippen LogP contribution >= 0.6 is 0 Å². The number of carbonyl (C=O) groups excluding carboxylic acids is 4. The third-order valence-corrected chi connectivity index (χ3v) is 12.0. The van der Waals surface area contributed by atoms with Gasteiger partial charge in [0.05, 0.1) is 27.7 Å². The van der Waals surface area contributed by atoms with E-state index in [2.05, 4.69) is 47.4 Å². The fraction of sp³-hybridized carbons (Fsp3) is 0.0145. The second-order valence-corrected chi connectivity index (χ2v) is 16.8. The number of hydrogen-bond donors (Lipinski definition) is 0. The van der Waals surface area contributed by atoms with Crippen LogP contribution in [-0.4, -0.2) is 23.9 Å². The summed E-state index contributed by atoms with van der Waals surface area (Å²) in [4.78, 5) is 54.3. The Hall–Kier alpha value is -11.9. The van der Waals surface area contributed by atoms with Crippen molar-refractivity contribution in [1.29, 1.82) is 0 Å². The minimum Gasteiger partial charge on any atom is -0.423 e. The first-order chi connectivity index (χ1) is 37.3. The van der Waals surface area contributed by atoms with Crippen molar-refractivity contribution in [3.63, 3.8) is 0 Å². The quantitative estimate of drug-likeness (QED) is 0.0516. The van der Waals surface area contributed by atoms with Crippen LogP contribution in [0.1, 0.15) is 108 Å². The zero-order chi connectivity index (χ0) is 54.6. The van der Waals surface area contributed by atoms with Crippen molar-refractivity contribution < 1.29 is 38.1 Å². The molecule has 0 saturated heterocycles. The molecule has 0 fully saturated rings. The van der Waals surface area contributed by atoms with E-state index in [9.17, 15) is 19.2 Å². The molecule has 0 aliphatic rings. The average molecular weight is 993 g/mol. The molecule has 0 aliphatic carbocycles. The summed E-state index contributed by atoms with van der Waals surface area (Å²) in [5, 5.41) is 0. The Balaban J connectivity index is 1.25. The van der Waals surface area contributed by atoms with Gasteiger partial charge in [-0.1, -0.05) is 95.9 Å². The SMILES string of the molecule is C#Cc1cc(C#C)cc(C(=O)Oc2ccc(C(c3ccc(OC(=O)c4cc(C#C)cc(C#C)c4)cc3)(c3ccc(OC(=O)c4cc(C#C)cc(C#C)c4)cc3)c3ccc(OC(=O)c4cc(C#C)cc(C#C)c4)cc3)cc2)c1. The summed E-state index contributed by atoms with van der Waals surface area (Å²) in [7, 11) is 0. The number of rotatable bonds is 12. The molecule has 360 valence electrons. The minimum absolute atomic E-state index is 0.148. The fourth-order valence-electron chi connectivity index (χ4n) is 8.40. The predicted octanol–water partition coefficient (Wildman–Crippen LogP) is 10.8.